The molecular formula is C20H33NO3. The molecule has 1 heterocycles. The molecule has 1 aliphatic carbocycles. The van der Waals surface area contributed by atoms with Gasteiger partial charge in [0.2, 0.25) is 5.43 Å². The maximum atomic E-state index is 12.9. The summed E-state index contributed by atoms with van der Waals surface area (Å²) in [4.78, 5) is 18.5. The van der Waals surface area contributed by atoms with Gasteiger partial charge in [0, 0.05) is 5.56 Å². The zero-order valence-electron chi connectivity index (χ0n) is 15.8. The smallest absolute Gasteiger partial charge is 0.227 e. The van der Waals surface area contributed by atoms with Gasteiger partial charge in [-0.1, -0.05) is 45.4 Å². The summed E-state index contributed by atoms with van der Waals surface area (Å²) in [5.41, 5.74) is 2.85. The molecule has 0 fully saturated rings. The van der Waals surface area contributed by atoms with Gasteiger partial charge in [-0.25, -0.2) is 0 Å². The van der Waals surface area contributed by atoms with Gasteiger partial charge in [-0.05, 0) is 38.5 Å². The van der Waals surface area contributed by atoms with E-state index < -0.39 is 0 Å². The van der Waals surface area contributed by atoms with E-state index in [2.05, 4.69) is 6.92 Å². The topological polar surface area (TPSA) is 40.5 Å². The molecule has 0 bridgehead atoms. The zero-order chi connectivity index (χ0) is 17.5. The number of ether oxygens (including phenoxy) is 1. The lowest BCUT2D eigenvalue weighted by Gasteiger charge is -2.29. The Labute approximate surface area is 146 Å². The molecule has 4 nitrogen and oxygen atoms in total. The molecule has 0 radical (unpaired) electrons. The van der Waals surface area contributed by atoms with Gasteiger partial charge in [0.05, 0.1) is 12.8 Å². The molecule has 0 amide bonds. The van der Waals surface area contributed by atoms with Gasteiger partial charge in [0.1, 0.15) is 12.8 Å². The zero-order valence-corrected chi connectivity index (χ0v) is 15.8. The summed E-state index contributed by atoms with van der Waals surface area (Å²) in [6.45, 7) is 4.14. The first-order valence-electron chi connectivity index (χ1n) is 9.52. The molecule has 1 atom stereocenters. The van der Waals surface area contributed by atoms with Crippen molar-refractivity contribution in [3.8, 4) is 5.75 Å². The summed E-state index contributed by atoms with van der Waals surface area (Å²) in [7, 11) is 3.23. The van der Waals surface area contributed by atoms with Crippen molar-refractivity contribution in [1.82, 2.24) is 4.73 Å². The van der Waals surface area contributed by atoms with Gasteiger partial charge in [-0.3, -0.25) is 4.79 Å². The molecule has 0 saturated heterocycles. The van der Waals surface area contributed by atoms with Crippen molar-refractivity contribution < 1.29 is 9.57 Å². The minimum Gasteiger partial charge on any atom is -0.491 e. The largest absolute Gasteiger partial charge is 0.491 e. The second kappa shape index (κ2) is 9.14. The van der Waals surface area contributed by atoms with Gasteiger partial charge in [-0.15, -0.1) is 0 Å². The molecule has 1 aliphatic rings. The molecule has 136 valence electrons. The quantitative estimate of drug-likeness (QED) is 0.628. The van der Waals surface area contributed by atoms with Gasteiger partial charge in [0.15, 0.2) is 5.75 Å². The molecule has 0 aromatic carbocycles. The van der Waals surface area contributed by atoms with Crippen LogP contribution in [0.4, 0.5) is 0 Å². The highest BCUT2D eigenvalue weighted by molar-refractivity contribution is 5.39. The van der Waals surface area contributed by atoms with Gasteiger partial charge in [-0.2, -0.15) is 4.73 Å². The van der Waals surface area contributed by atoms with E-state index in [1.54, 1.807) is 14.2 Å². The summed E-state index contributed by atoms with van der Waals surface area (Å²) in [5, 5.41) is 0. The van der Waals surface area contributed by atoms with E-state index in [1.807, 2.05) is 11.7 Å². The van der Waals surface area contributed by atoms with E-state index in [4.69, 9.17) is 9.57 Å². The van der Waals surface area contributed by atoms with E-state index in [0.717, 1.165) is 42.6 Å². The fraction of sp³-hybridized carbons (Fsp3) is 0.750. The van der Waals surface area contributed by atoms with Crippen LogP contribution in [0.2, 0.25) is 0 Å². The lowest BCUT2D eigenvalue weighted by Crippen LogP contribution is -2.30. The normalized spacial score (nSPS) is 16.8. The van der Waals surface area contributed by atoms with Crippen molar-refractivity contribution in [2.45, 2.75) is 84.0 Å². The number of nitrogens with zero attached hydrogens (tertiary/aromatic N) is 1. The van der Waals surface area contributed by atoms with Crippen molar-refractivity contribution in [2.24, 2.45) is 0 Å². The highest BCUT2D eigenvalue weighted by Crippen LogP contribution is 2.35. The van der Waals surface area contributed by atoms with Crippen LogP contribution in [0.15, 0.2) is 4.79 Å². The number of rotatable bonds is 9. The molecule has 1 aromatic rings. The average Bonchev–Trinajstić information content (AvgIpc) is 2.58. The first-order chi connectivity index (χ1) is 11.7. The second-order valence-corrected chi connectivity index (χ2v) is 6.93. The third-order valence-corrected chi connectivity index (χ3v) is 5.31. The molecule has 0 unspecified atom stereocenters. The van der Waals surface area contributed by atoms with Crippen LogP contribution in [0, 0.1) is 6.92 Å². The fourth-order valence-electron chi connectivity index (χ4n) is 4.09. The molecule has 0 spiro atoms. The van der Waals surface area contributed by atoms with Crippen molar-refractivity contribution in [1.29, 1.82) is 0 Å². The number of unbranched alkanes of at least 4 members (excludes halogenated alkanes) is 5. The summed E-state index contributed by atoms with van der Waals surface area (Å²) in [6, 6.07) is 0. The van der Waals surface area contributed by atoms with Gasteiger partial charge >= 0.3 is 0 Å². The summed E-state index contributed by atoms with van der Waals surface area (Å²) in [6.07, 6.45) is 12.0. The molecule has 24 heavy (non-hydrogen) atoms. The lowest BCUT2D eigenvalue weighted by molar-refractivity contribution is 0.143. The molecular weight excluding hydrogens is 302 g/mol. The number of hydrogen-bond donors (Lipinski definition) is 0. The Hall–Kier alpha value is -1.45. The summed E-state index contributed by atoms with van der Waals surface area (Å²) >= 11 is 0. The van der Waals surface area contributed by atoms with Gasteiger partial charge in [0.25, 0.3) is 0 Å². The molecule has 2 rings (SSSR count). The van der Waals surface area contributed by atoms with Crippen molar-refractivity contribution in [3.05, 3.63) is 27.2 Å². The Morgan fingerprint density at radius 2 is 1.83 bits per heavy atom. The van der Waals surface area contributed by atoms with Gasteiger partial charge < -0.3 is 9.57 Å². The van der Waals surface area contributed by atoms with Crippen LogP contribution in [0.1, 0.15) is 87.6 Å². The van der Waals surface area contributed by atoms with Crippen LogP contribution in [-0.4, -0.2) is 19.0 Å². The van der Waals surface area contributed by atoms with Crippen molar-refractivity contribution in [2.75, 3.05) is 14.2 Å². The SMILES string of the molecule is CCCCCCCC[C@H]1CCCc2c1c(=O)c(OC)c(C)n2OC. The maximum absolute atomic E-state index is 12.9. The highest BCUT2D eigenvalue weighted by atomic mass is 16.6. The van der Waals surface area contributed by atoms with Crippen molar-refractivity contribution >= 4 is 0 Å². The number of fused-ring (bicyclic) bond motifs is 1. The van der Waals surface area contributed by atoms with Crippen LogP contribution < -0.4 is 15.0 Å². The maximum Gasteiger partial charge on any atom is 0.227 e. The second-order valence-electron chi connectivity index (χ2n) is 6.93. The van der Waals surface area contributed by atoms with Crippen molar-refractivity contribution in [3.63, 3.8) is 0 Å². The van der Waals surface area contributed by atoms with Crippen LogP contribution in [0.5, 0.6) is 5.75 Å². The van der Waals surface area contributed by atoms with E-state index in [9.17, 15) is 4.79 Å². The van der Waals surface area contributed by atoms with Crippen LogP contribution in [-0.2, 0) is 6.42 Å². The predicted octanol–water partition coefficient (Wildman–Crippen LogP) is 4.39. The molecule has 0 saturated carbocycles. The molecule has 1 aromatic heterocycles. The predicted molar refractivity (Wildman–Crippen MR) is 98.2 cm³/mol. The molecule has 4 heteroatoms. The minimum absolute atomic E-state index is 0.0778. The number of methoxy groups -OCH3 is 1. The number of pyridine rings is 1. The standard InChI is InChI=1S/C20H33NO3/c1-5-6-7-8-9-10-12-16-13-11-14-17-18(16)19(22)20(23-3)15(2)21(17)24-4/h16H,5-14H2,1-4H3/t16-/m0/s1. The Bertz CT molecular complexity index is 592. The Morgan fingerprint density at radius 3 is 2.50 bits per heavy atom. The minimum atomic E-state index is 0.0778. The third-order valence-electron chi connectivity index (χ3n) is 5.31. The Morgan fingerprint density at radius 1 is 1.12 bits per heavy atom. The van der Waals surface area contributed by atoms with E-state index in [0.29, 0.717) is 11.7 Å². The lowest BCUT2D eigenvalue weighted by atomic mass is 9.81. The Balaban J connectivity index is 2.18. The molecule has 0 N–H and O–H groups in total. The van der Waals surface area contributed by atoms with Crippen LogP contribution in [0.3, 0.4) is 0 Å². The van der Waals surface area contributed by atoms with Crippen LogP contribution in [0.25, 0.3) is 0 Å². The number of hydrogen-bond acceptors (Lipinski definition) is 3. The highest BCUT2D eigenvalue weighted by Gasteiger charge is 2.29. The first-order valence-corrected chi connectivity index (χ1v) is 9.52. The van der Waals surface area contributed by atoms with Crippen LogP contribution >= 0.6 is 0 Å². The third kappa shape index (κ3) is 3.96. The average molecular weight is 335 g/mol. The fourth-order valence-corrected chi connectivity index (χ4v) is 4.09. The monoisotopic (exact) mass is 335 g/mol. The molecule has 0 aliphatic heterocycles. The van der Waals surface area contributed by atoms with E-state index >= 15 is 0 Å². The summed E-state index contributed by atoms with van der Waals surface area (Å²) in [5.74, 6) is 0.786. The summed E-state index contributed by atoms with van der Waals surface area (Å²) < 4.78 is 7.20. The number of aromatic nitrogens is 1. The van der Waals surface area contributed by atoms with E-state index in [-0.39, 0.29) is 5.43 Å². The van der Waals surface area contributed by atoms with E-state index in [1.165, 1.54) is 38.5 Å². The first kappa shape index (κ1) is 18.9. The Kier molecular flexibility index (Phi) is 7.19.